The van der Waals surface area contributed by atoms with E-state index in [1.807, 2.05) is 0 Å². The van der Waals surface area contributed by atoms with Crippen LogP contribution in [-0.4, -0.2) is 72.9 Å². The van der Waals surface area contributed by atoms with Crippen LogP contribution < -0.4 is 0 Å². The highest BCUT2D eigenvalue weighted by Gasteiger charge is 2.47. The second-order valence-electron chi connectivity index (χ2n) is 3.83. The third-order valence-corrected chi connectivity index (χ3v) is 2.97. The molecule has 0 amide bonds. The highest BCUT2D eigenvalue weighted by molar-refractivity contribution is 4.92. The Morgan fingerprint density at radius 2 is 1.35 bits per heavy atom. The van der Waals surface area contributed by atoms with Crippen LogP contribution in [0.4, 0.5) is 0 Å². The lowest BCUT2D eigenvalue weighted by Gasteiger charge is -2.44. The molecule has 0 radical (unpaired) electrons. The Balaban J connectivity index is 2.84. The van der Waals surface area contributed by atoms with Gasteiger partial charge >= 0.3 is 0 Å². The molecule has 0 aliphatic carbocycles. The van der Waals surface area contributed by atoms with Gasteiger partial charge in [-0.3, -0.25) is 0 Å². The minimum absolute atomic E-state index is 0.244. The quantitative estimate of drug-likeness (QED) is 0.664. The molecule has 0 saturated carbocycles. The van der Waals surface area contributed by atoms with Crippen LogP contribution in [0.1, 0.15) is 0 Å². The van der Waals surface area contributed by atoms with E-state index in [1.165, 1.54) is 0 Å². The average molecular weight is 250 g/mol. The van der Waals surface area contributed by atoms with E-state index in [0.29, 0.717) is 6.61 Å². The first-order valence-corrected chi connectivity index (χ1v) is 5.49. The maximum Gasteiger partial charge on any atom is 0.186 e. The van der Waals surface area contributed by atoms with Crippen molar-refractivity contribution in [3.05, 3.63) is 0 Å². The van der Waals surface area contributed by atoms with Crippen molar-refractivity contribution in [3.8, 4) is 0 Å². The van der Waals surface area contributed by atoms with Gasteiger partial charge in [-0.2, -0.15) is 0 Å². The maximum absolute atomic E-state index is 5.74. The Morgan fingerprint density at radius 3 is 1.76 bits per heavy atom. The Morgan fingerprint density at radius 1 is 0.765 bits per heavy atom. The van der Waals surface area contributed by atoms with E-state index >= 15 is 0 Å². The van der Waals surface area contributed by atoms with Crippen molar-refractivity contribution in [1.29, 1.82) is 0 Å². The second kappa shape index (κ2) is 7.25. The lowest BCUT2D eigenvalue weighted by Crippen LogP contribution is -2.61. The van der Waals surface area contributed by atoms with Crippen LogP contribution in [-0.2, 0) is 28.4 Å². The Bertz CT molecular complexity index is 212. The van der Waals surface area contributed by atoms with Gasteiger partial charge in [-0.15, -0.1) is 0 Å². The fraction of sp³-hybridized carbons (Fsp3) is 1.00. The summed E-state index contributed by atoms with van der Waals surface area (Å²) in [4.78, 5) is 0. The highest BCUT2D eigenvalue weighted by atomic mass is 16.7. The molecule has 1 fully saturated rings. The van der Waals surface area contributed by atoms with Crippen molar-refractivity contribution in [3.63, 3.8) is 0 Å². The van der Waals surface area contributed by atoms with Gasteiger partial charge in [0, 0.05) is 35.5 Å². The molecule has 0 aromatic heterocycles. The van der Waals surface area contributed by atoms with Crippen molar-refractivity contribution < 1.29 is 28.4 Å². The van der Waals surface area contributed by atoms with E-state index in [2.05, 4.69) is 0 Å². The molecule has 0 unspecified atom stereocenters. The Kier molecular flexibility index (Phi) is 6.32. The SMILES string of the molecule is COC[C@@H]1O[C@@H](OC)[C@@H](OC)[C@H](OC)[C@H]1OC. The second-order valence-corrected chi connectivity index (χ2v) is 3.83. The highest BCUT2D eigenvalue weighted by Crippen LogP contribution is 2.27. The molecule has 1 aliphatic heterocycles. The number of methoxy groups -OCH3 is 5. The lowest BCUT2D eigenvalue weighted by molar-refractivity contribution is -0.307. The molecule has 0 N–H and O–H groups in total. The Labute approximate surface area is 102 Å². The minimum atomic E-state index is -0.489. The molecular formula is C11H22O6. The summed E-state index contributed by atoms with van der Waals surface area (Å²) in [6.07, 6.45) is -1.58. The molecule has 1 aliphatic rings. The molecule has 0 spiro atoms. The zero-order chi connectivity index (χ0) is 12.8. The fourth-order valence-corrected chi connectivity index (χ4v) is 2.17. The predicted octanol–water partition coefficient (Wildman–Crippen LogP) is 0.0491. The molecule has 5 atom stereocenters. The van der Waals surface area contributed by atoms with E-state index in [9.17, 15) is 0 Å². The summed E-state index contributed by atoms with van der Waals surface area (Å²) in [6, 6.07) is 0. The molecule has 17 heavy (non-hydrogen) atoms. The molecule has 6 nitrogen and oxygen atoms in total. The summed E-state index contributed by atoms with van der Waals surface area (Å²) in [5.41, 5.74) is 0. The largest absolute Gasteiger partial charge is 0.382 e. The van der Waals surface area contributed by atoms with Gasteiger partial charge in [0.05, 0.1) is 6.61 Å². The number of hydrogen-bond donors (Lipinski definition) is 0. The summed E-state index contributed by atoms with van der Waals surface area (Å²) in [7, 11) is 8.01. The van der Waals surface area contributed by atoms with Crippen LogP contribution in [0.3, 0.4) is 0 Å². The fourth-order valence-electron chi connectivity index (χ4n) is 2.17. The van der Waals surface area contributed by atoms with Crippen molar-refractivity contribution in [1.82, 2.24) is 0 Å². The Hall–Kier alpha value is -0.240. The standard InChI is InChI=1S/C11H22O6/c1-12-6-7-8(13-2)9(14-3)10(15-4)11(16-5)17-7/h7-11H,6H2,1-5H3/t7-,8-,9+,10-,11+/m0/s1. The summed E-state index contributed by atoms with van der Waals surface area (Å²) < 4.78 is 32.3. The molecule has 0 aromatic carbocycles. The number of ether oxygens (including phenoxy) is 6. The first kappa shape index (κ1) is 14.8. The van der Waals surface area contributed by atoms with Gasteiger partial charge in [0.15, 0.2) is 6.29 Å². The third-order valence-electron chi connectivity index (χ3n) is 2.97. The molecule has 1 rings (SSSR count). The smallest absolute Gasteiger partial charge is 0.186 e. The van der Waals surface area contributed by atoms with Crippen molar-refractivity contribution in [2.75, 3.05) is 42.2 Å². The summed E-state index contributed by atoms with van der Waals surface area (Å²) in [5, 5.41) is 0. The van der Waals surface area contributed by atoms with E-state index < -0.39 is 6.29 Å². The van der Waals surface area contributed by atoms with Gasteiger partial charge in [0.2, 0.25) is 0 Å². The molecule has 0 aromatic rings. The van der Waals surface area contributed by atoms with Crippen LogP contribution in [0.15, 0.2) is 0 Å². The van der Waals surface area contributed by atoms with E-state index in [0.717, 1.165) is 0 Å². The zero-order valence-electron chi connectivity index (χ0n) is 11.0. The number of hydrogen-bond acceptors (Lipinski definition) is 6. The topological polar surface area (TPSA) is 55.4 Å². The number of rotatable bonds is 6. The normalized spacial score (nSPS) is 38.3. The minimum Gasteiger partial charge on any atom is -0.382 e. The van der Waals surface area contributed by atoms with Crippen molar-refractivity contribution >= 4 is 0 Å². The van der Waals surface area contributed by atoms with E-state index in [1.54, 1.807) is 35.5 Å². The molecule has 1 saturated heterocycles. The van der Waals surface area contributed by atoms with Gasteiger partial charge < -0.3 is 28.4 Å². The van der Waals surface area contributed by atoms with Crippen LogP contribution >= 0.6 is 0 Å². The summed E-state index contributed by atoms with van der Waals surface area (Å²) in [6.45, 7) is 0.411. The van der Waals surface area contributed by atoms with E-state index in [-0.39, 0.29) is 24.4 Å². The van der Waals surface area contributed by atoms with Crippen LogP contribution in [0.25, 0.3) is 0 Å². The van der Waals surface area contributed by atoms with Crippen LogP contribution in [0.5, 0.6) is 0 Å². The molecule has 102 valence electrons. The average Bonchev–Trinajstić information content (AvgIpc) is 2.37. The molecular weight excluding hydrogens is 228 g/mol. The van der Waals surface area contributed by atoms with Gasteiger partial charge in [0.25, 0.3) is 0 Å². The summed E-state index contributed by atoms with van der Waals surface area (Å²) in [5.74, 6) is 0. The van der Waals surface area contributed by atoms with Gasteiger partial charge in [0.1, 0.15) is 24.4 Å². The first-order chi connectivity index (χ1) is 8.23. The van der Waals surface area contributed by atoms with Gasteiger partial charge in [-0.25, -0.2) is 0 Å². The van der Waals surface area contributed by atoms with Gasteiger partial charge in [-0.1, -0.05) is 0 Å². The van der Waals surface area contributed by atoms with E-state index in [4.69, 9.17) is 28.4 Å². The van der Waals surface area contributed by atoms with Crippen LogP contribution in [0.2, 0.25) is 0 Å². The molecule has 6 heteroatoms. The summed E-state index contributed by atoms with van der Waals surface area (Å²) >= 11 is 0. The maximum atomic E-state index is 5.74. The monoisotopic (exact) mass is 250 g/mol. The van der Waals surface area contributed by atoms with Gasteiger partial charge in [-0.05, 0) is 0 Å². The molecule has 0 bridgehead atoms. The zero-order valence-corrected chi connectivity index (χ0v) is 11.0. The van der Waals surface area contributed by atoms with Crippen LogP contribution in [0, 0.1) is 0 Å². The predicted molar refractivity (Wildman–Crippen MR) is 59.9 cm³/mol. The lowest BCUT2D eigenvalue weighted by atomic mass is 9.98. The molecule has 1 heterocycles. The third kappa shape index (κ3) is 3.15. The first-order valence-electron chi connectivity index (χ1n) is 5.49. The van der Waals surface area contributed by atoms with Crippen molar-refractivity contribution in [2.45, 2.75) is 30.7 Å². The van der Waals surface area contributed by atoms with Crippen molar-refractivity contribution in [2.24, 2.45) is 0 Å².